The largest absolute Gasteiger partial charge is 0.330 e. The highest BCUT2D eigenvalue weighted by Crippen LogP contribution is 2.28. The van der Waals surface area contributed by atoms with Gasteiger partial charge in [0.05, 0.1) is 12.1 Å². The lowest BCUT2D eigenvalue weighted by Crippen LogP contribution is -2.06. The van der Waals surface area contributed by atoms with Crippen molar-refractivity contribution in [2.24, 2.45) is 12.8 Å². The number of nitrogens with zero attached hydrogens (tertiary/aromatic N) is 2. The summed E-state index contributed by atoms with van der Waals surface area (Å²) in [6.45, 7) is 0.613. The Kier molecular flexibility index (Phi) is 2.83. The van der Waals surface area contributed by atoms with Gasteiger partial charge in [0.25, 0.3) is 0 Å². The third kappa shape index (κ3) is 2.13. The molecule has 1 aliphatic heterocycles. The van der Waals surface area contributed by atoms with Crippen LogP contribution in [-0.4, -0.2) is 22.2 Å². The molecule has 0 unspecified atom stereocenters. The number of aryl methyl sites for hydroxylation is 1. The lowest BCUT2D eigenvalue weighted by atomic mass is 10.1. The summed E-state index contributed by atoms with van der Waals surface area (Å²) in [5.74, 6) is 0.0528. The monoisotopic (exact) mass is 256 g/mol. The molecular formula is C14H16N4O. The Morgan fingerprint density at radius 3 is 3.05 bits per heavy atom. The predicted octanol–water partition coefficient (Wildman–Crippen LogP) is 1.08. The van der Waals surface area contributed by atoms with Gasteiger partial charge in [-0.1, -0.05) is 6.07 Å². The van der Waals surface area contributed by atoms with E-state index in [2.05, 4.69) is 16.5 Å². The topological polar surface area (TPSA) is 72.9 Å². The van der Waals surface area contributed by atoms with Gasteiger partial charge in [-0.2, -0.15) is 5.10 Å². The molecule has 1 aromatic heterocycles. The molecule has 98 valence electrons. The van der Waals surface area contributed by atoms with Crippen molar-refractivity contribution in [1.29, 1.82) is 0 Å². The van der Waals surface area contributed by atoms with Gasteiger partial charge in [0.2, 0.25) is 5.91 Å². The summed E-state index contributed by atoms with van der Waals surface area (Å²) >= 11 is 0. The van der Waals surface area contributed by atoms with Crippen molar-refractivity contribution in [3.8, 4) is 11.3 Å². The lowest BCUT2D eigenvalue weighted by molar-refractivity contribution is -0.115. The Hall–Kier alpha value is -2.14. The average molecular weight is 256 g/mol. The van der Waals surface area contributed by atoms with E-state index in [4.69, 9.17) is 5.73 Å². The summed E-state index contributed by atoms with van der Waals surface area (Å²) in [6.07, 6.45) is 1.26. The molecule has 3 N–H and O–H groups in total. The molecule has 0 fully saturated rings. The molecule has 0 aliphatic carbocycles. The number of nitrogens with two attached hydrogens (primary N) is 1. The van der Waals surface area contributed by atoms with E-state index in [0.717, 1.165) is 34.6 Å². The minimum atomic E-state index is 0.0528. The highest BCUT2D eigenvalue weighted by Gasteiger charge is 2.18. The van der Waals surface area contributed by atoms with Gasteiger partial charge < -0.3 is 11.1 Å². The fourth-order valence-electron chi connectivity index (χ4n) is 2.42. The molecule has 1 amide bonds. The van der Waals surface area contributed by atoms with Crippen molar-refractivity contribution in [2.75, 3.05) is 11.9 Å². The number of anilines is 1. The third-order valence-electron chi connectivity index (χ3n) is 3.40. The van der Waals surface area contributed by atoms with Crippen molar-refractivity contribution in [2.45, 2.75) is 12.8 Å². The predicted molar refractivity (Wildman–Crippen MR) is 73.7 cm³/mol. The van der Waals surface area contributed by atoms with E-state index in [-0.39, 0.29) is 5.91 Å². The number of carbonyl (C=O) groups is 1. The van der Waals surface area contributed by atoms with E-state index >= 15 is 0 Å². The number of hydrogen-bond donors (Lipinski definition) is 2. The summed E-state index contributed by atoms with van der Waals surface area (Å²) in [7, 11) is 1.92. The molecule has 2 heterocycles. The first-order valence-corrected chi connectivity index (χ1v) is 6.33. The molecule has 2 aromatic rings. The van der Waals surface area contributed by atoms with Gasteiger partial charge in [-0.25, -0.2) is 0 Å². The maximum absolute atomic E-state index is 11.3. The minimum absolute atomic E-state index is 0.0528. The second kappa shape index (κ2) is 4.51. The zero-order valence-corrected chi connectivity index (χ0v) is 10.8. The molecule has 0 bridgehead atoms. The van der Waals surface area contributed by atoms with E-state index in [1.165, 1.54) is 0 Å². The van der Waals surface area contributed by atoms with Crippen molar-refractivity contribution >= 4 is 11.6 Å². The van der Waals surface area contributed by atoms with Crippen LogP contribution in [0.3, 0.4) is 0 Å². The first-order valence-electron chi connectivity index (χ1n) is 6.33. The fourth-order valence-corrected chi connectivity index (χ4v) is 2.42. The number of amides is 1. The smallest absolute Gasteiger partial charge is 0.228 e. The zero-order chi connectivity index (χ0) is 13.4. The van der Waals surface area contributed by atoms with E-state index in [0.29, 0.717) is 13.0 Å². The molecule has 0 atom stereocenters. The summed E-state index contributed by atoms with van der Waals surface area (Å²) in [5, 5.41) is 7.33. The van der Waals surface area contributed by atoms with Crippen LogP contribution < -0.4 is 11.1 Å². The third-order valence-corrected chi connectivity index (χ3v) is 3.40. The molecule has 19 heavy (non-hydrogen) atoms. The highest BCUT2D eigenvalue weighted by molar-refractivity contribution is 5.99. The summed E-state index contributed by atoms with van der Waals surface area (Å²) in [5.41, 5.74) is 10.6. The SMILES string of the molecule is Cn1nc(-c2ccc3c(c2)CC(=O)N3)cc1CCN. The van der Waals surface area contributed by atoms with Crippen LogP contribution in [0.4, 0.5) is 5.69 Å². The van der Waals surface area contributed by atoms with Gasteiger partial charge in [0.1, 0.15) is 0 Å². The second-order valence-corrected chi connectivity index (χ2v) is 4.78. The molecule has 5 nitrogen and oxygen atoms in total. The maximum Gasteiger partial charge on any atom is 0.228 e. The number of carbonyl (C=O) groups excluding carboxylic acids is 1. The van der Waals surface area contributed by atoms with Crippen LogP contribution in [0.15, 0.2) is 24.3 Å². The van der Waals surface area contributed by atoms with Crippen LogP contribution in [0, 0.1) is 0 Å². The maximum atomic E-state index is 11.3. The van der Waals surface area contributed by atoms with Crippen molar-refractivity contribution in [3.63, 3.8) is 0 Å². The molecule has 5 heteroatoms. The van der Waals surface area contributed by atoms with E-state index in [9.17, 15) is 4.79 Å². The molecule has 0 saturated carbocycles. The minimum Gasteiger partial charge on any atom is -0.330 e. The summed E-state index contributed by atoms with van der Waals surface area (Å²) in [6, 6.07) is 8.01. The number of aromatic nitrogens is 2. The molecular weight excluding hydrogens is 240 g/mol. The van der Waals surface area contributed by atoms with Crippen molar-refractivity contribution in [3.05, 3.63) is 35.5 Å². The molecule has 0 saturated heterocycles. The van der Waals surface area contributed by atoms with Crippen LogP contribution in [0.2, 0.25) is 0 Å². The van der Waals surface area contributed by atoms with Crippen LogP contribution in [0.5, 0.6) is 0 Å². The second-order valence-electron chi connectivity index (χ2n) is 4.78. The number of hydrogen-bond acceptors (Lipinski definition) is 3. The Morgan fingerprint density at radius 2 is 2.26 bits per heavy atom. The Bertz CT molecular complexity index is 645. The fraction of sp³-hybridized carbons (Fsp3) is 0.286. The molecule has 1 aliphatic rings. The molecule has 3 rings (SSSR count). The normalized spacial score (nSPS) is 13.5. The Labute approximate surface area is 111 Å². The lowest BCUT2D eigenvalue weighted by Gasteiger charge is -2.01. The molecule has 0 radical (unpaired) electrons. The first-order chi connectivity index (χ1) is 9.17. The zero-order valence-electron chi connectivity index (χ0n) is 10.8. The van der Waals surface area contributed by atoms with E-state index in [1.807, 2.05) is 29.9 Å². The Balaban J connectivity index is 1.97. The van der Waals surface area contributed by atoms with Gasteiger partial charge in [-0.05, 0) is 30.3 Å². The van der Waals surface area contributed by atoms with Gasteiger partial charge >= 0.3 is 0 Å². The van der Waals surface area contributed by atoms with Gasteiger partial charge in [-0.3, -0.25) is 9.48 Å². The molecule has 1 aromatic carbocycles. The molecule has 0 spiro atoms. The quantitative estimate of drug-likeness (QED) is 0.863. The van der Waals surface area contributed by atoms with Gasteiger partial charge in [-0.15, -0.1) is 0 Å². The first kappa shape index (κ1) is 11.9. The summed E-state index contributed by atoms with van der Waals surface area (Å²) in [4.78, 5) is 11.3. The van der Waals surface area contributed by atoms with Gasteiger partial charge in [0.15, 0.2) is 0 Å². The number of benzene rings is 1. The van der Waals surface area contributed by atoms with Crippen molar-refractivity contribution in [1.82, 2.24) is 9.78 Å². The number of rotatable bonds is 3. The Morgan fingerprint density at radius 1 is 1.42 bits per heavy atom. The number of nitrogens with one attached hydrogen (secondary N) is 1. The van der Waals surface area contributed by atoms with E-state index in [1.54, 1.807) is 0 Å². The van der Waals surface area contributed by atoms with Crippen LogP contribution in [0.1, 0.15) is 11.3 Å². The average Bonchev–Trinajstić information content (AvgIpc) is 2.91. The van der Waals surface area contributed by atoms with Crippen LogP contribution >= 0.6 is 0 Å². The van der Waals surface area contributed by atoms with E-state index < -0.39 is 0 Å². The van der Waals surface area contributed by atoms with Crippen molar-refractivity contribution < 1.29 is 4.79 Å². The summed E-state index contributed by atoms with van der Waals surface area (Å²) < 4.78 is 1.86. The van der Waals surface area contributed by atoms with Crippen LogP contribution in [0.25, 0.3) is 11.3 Å². The highest BCUT2D eigenvalue weighted by atomic mass is 16.1. The van der Waals surface area contributed by atoms with Gasteiger partial charge in [0, 0.05) is 30.4 Å². The standard InChI is InChI=1S/C14H16N4O/c1-18-11(4-5-15)8-13(17-18)9-2-3-12-10(6-9)7-14(19)16-12/h2-3,6,8H,4-5,7,15H2,1H3,(H,16,19). The van der Waals surface area contributed by atoms with Crippen LogP contribution in [-0.2, 0) is 24.7 Å². The number of fused-ring (bicyclic) bond motifs is 1.